The van der Waals surface area contributed by atoms with Crippen LogP contribution in [-0.4, -0.2) is 17.6 Å². The molecule has 0 aliphatic rings. The second kappa shape index (κ2) is 5.48. The molecule has 1 amide bonds. The van der Waals surface area contributed by atoms with Crippen molar-refractivity contribution in [3.05, 3.63) is 58.5 Å². The Kier molecular flexibility index (Phi) is 3.54. The second-order valence-electron chi connectivity index (χ2n) is 4.43. The zero-order chi connectivity index (χ0) is 13.9. The van der Waals surface area contributed by atoms with Crippen molar-refractivity contribution in [3.63, 3.8) is 0 Å². The molecule has 102 valence electrons. The van der Waals surface area contributed by atoms with Crippen LogP contribution in [0, 0.1) is 0 Å². The first-order valence-corrected chi connectivity index (χ1v) is 7.15. The third-order valence-electron chi connectivity index (χ3n) is 3.03. The molecule has 0 saturated carbocycles. The molecule has 5 heteroatoms. The zero-order valence-corrected chi connectivity index (χ0v) is 11.4. The van der Waals surface area contributed by atoms with E-state index in [0.717, 1.165) is 10.9 Å². The number of aliphatic hydroxyl groups is 1. The highest BCUT2D eigenvalue weighted by Crippen LogP contribution is 2.19. The number of nitrogens with one attached hydrogen (secondary N) is 1. The van der Waals surface area contributed by atoms with Crippen LogP contribution in [0.5, 0.6) is 0 Å². The van der Waals surface area contributed by atoms with Gasteiger partial charge in [0.25, 0.3) is 5.91 Å². The number of amides is 1. The van der Waals surface area contributed by atoms with Gasteiger partial charge in [-0.1, -0.05) is 18.2 Å². The van der Waals surface area contributed by atoms with Crippen LogP contribution in [-0.2, 0) is 0 Å². The number of fused-ring (bicyclic) bond motifs is 1. The molecule has 2 heterocycles. The molecule has 2 N–H and O–H groups in total. The van der Waals surface area contributed by atoms with Crippen molar-refractivity contribution in [2.75, 3.05) is 6.54 Å². The van der Waals surface area contributed by atoms with Crippen LogP contribution >= 0.6 is 11.3 Å². The number of hydrogen-bond donors (Lipinski definition) is 2. The van der Waals surface area contributed by atoms with Gasteiger partial charge in [-0.3, -0.25) is 4.79 Å². The number of benzene rings is 1. The number of hydrogen-bond acceptors (Lipinski definition) is 4. The van der Waals surface area contributed by atoms with E-state index in [0.29, 0.717) is 5.58 Å². The fourth-order valence-corrected chi connectivity index (χ4v) is 2.66. The maximum absolute atomic E-state index is 12.0. The SMILES string of the molecule is O=C(NCC(O)c1ccsc1)c1cc2ccccc2o1. The smallest absolute Gasteiger partial charge is 0.287 e. The van der Waals surface area contributed by atoms with Gasteiger partial charge in [-0.05, 0) is 34.5 Å². The summed E-state index contributed by atoms with van der Waals surface area (Å²) in [6.07, 6.45) is -0.699. The van der Waals surface area contributed by atoms with Crippen LogP contribution in [0.15, 0.2) is 51.6 Å². The van der Waals surface area contributed by atoms with Gasteiger partial charge in [0.15, 0.2) is 5.76 Å². The monoisotopic (exact) mass is 287 g/mol. The molecule has 1 aromatic carbocycles. The predicted molar refractivity (Wildman–Crippen MR) is 77.8 cm³/mol. The highest BCUT2D eigenvalue weighted by atomic mass is 32.1. The Labute approximate surface area is 119 Å². The normalized spacial score (nSPS) is 12.4. The minimum atomic E-state index is -0.699. The van der Waals surface area contributed by atoms with Gasteiger partial charge in [0.2, 0.25) is 0 Å². The molecule has 0 spiro atoms. The summed E-state index contributed by atoms with van der Waals surface area (Å²) in [5.41, 5.74) is 1.48. The predicted octanol–water partition coefficient (Wildman–Crippen LogP) is 2.96. The molecule has 0 radical (unpaired) electrons. The molecule has 0 bridgehead atoms. The van der Waals surface area contributed by atoms with E-state index in [-0.39, 0.29) is 18.2 Å². The highest BCUT2D eigenvalue weighted by molar-refractivity contribution is 7.07. The van der Waals surface area contributed by atoms with Crippen LogP contribution in [0.3, 0.4) is 0 Å². The Bertz CT molecular complexity index is 685. The lowest BCUT2D eigenvalue weighted by Crippen LogP contribution is -2.27. The molecule has 3 aromatic rings. The first-order valence-electron chi connectivity index (χ1n) is 6.21. The minimum Gasteiger partial charge on any atom is -0.451 e. The zero-order valence-electron chi connectivity index (χ0n) is 10.6. The van der Waals surface area contributed by atoms with Gasteiger partial charge in [0.1, 0.15) is 5.58 Å². The highest BCUT2D eigenvalue weighted by Gasteiger charge is 2.14. The van der Waals surface area contributed by atoms with Crippen LogP contribution < -0.4 is 5.32 Å². The van der Waals surface area contributed by atoms with E-state index >= 15 is 0 Å². The van der Waals surface area contributed by atoms with Gasteiger partial charge in [0.05, 0.1) is 6.10 Å². The first-order chi connectivity index (χ1) is 9.74. The maximum Gasteiger partial charge on any atom is 0.287 e. The third kappa shape index (κ3) is 2.59. The van der Waals surface area contributed by atoms with Crippen LogP contribution in [0.25, 0.3) is 11.0 Å². The summed E-state index contributed by atoms with van der Waals surface area (Å²) >= 11 is 1.51. The molecule has 0 aliphatic carbocycles. The van der Waals surface area contributed by atoms with E-state index in [9.17, 15) is 9.90 Å². The molecule has 0 saturated heterocycles. The number of aliphatic hydroxyl groups excluding tert-OH is 1. The van der Waals surface area contributed by atoms with Crippen molar-refractivity contribution in [1.29, 1.82) is 0 Å². The second-order valence-corrected chi connectivity index (χ2v) is 5.21. The van der Waals surface area contributed by atoms with Gasteiger partial charge < -0.3 is 14.8 Å². The molecule has 1 unspecified atom stereocenters. The minimum absolute atomic E-state index is 0.159. The summed E-state index contributed by atoms with van der Waals surface area (Å²) in [4.78, 5) is 12.0. The molecular weight excluding hydrogens is 274 g/mol. The quantitative estimate of drug-likeness (QED) is 0.775. The van der Waals surface area contributed by atoms with Gasteiger partial charge >= 0.3 is 0 Å². The Balaban J connectivity index is 1.67. The van der Waals surface area contributed by atoms with Crippen molar-refractivity contribution < 1.29 is 14.3 Å². The van der Waals surface area contributed by atoms with Gasteiger partial charge in [0, 0.05) is 11.9 Å². The van der Waals surface area contributed by atoms with Crippen molar-refractivity contribution in [2.24, 2.45) is 0 Å². The van der Waals surface area contributed by atoms with E-state index in [1.165, 1.54) is 11.3 Å². The summed E-state index contributed by atoms with van der Waals surface area (Å²) in [7, 11) is 0. The largest absolute Gasteiger partial charge is 0.451 e. The molecule has 1 atom stereocenters. The van der Waals surface area contributed by atoms with E-state index in [2.05, 4.69) is 5.32 Å². The number of para-hydroxylation sites is 1. The van der Waals surface area contributed by atoms with Crippen LogP contribution in [0.4, 0.5) is 0 Å². The van der Waals surface area contributed by atoms with Gasteiger partial charge in [-0.2, -0.15) is 11.3 Å². The molecule has 0 fully saturated rings. The van der Waals surface area contributed by atoms with E-state index in [1.54, 1.807) is 6.07 Å². The topological polar surface area (TPSA) is 62.5 Å². The number of furan rings is 1. The van der Waals surface area contributed by atoms with E-state index < -0.39 is 6.10 Å². The number of carbonyl (C=O) groups is 1. The Morgan fingerprint density at radius 1 is 1.35 bits per heavy atom. The van der Waals surface area contributed by atoms with Crippen molar-refractivity contribution in [3.8, 4) is 0 Å². The Hall–Kier alpha value is -2.11. The molecular formula is C15H13NO3S. The van der Waals surface area contributed by atoms with Gasteiger partial charge in [-0.25, -0.2) is 0 Å². The summed E-state index contributed by atoms with van der Waals surface area (Å²) in [5.74, 6) is -0.0702. The van der Waals surface area contributed by atoms with Gasteiger partial charge in [-0.15, -0.1) is 0 Å². The van der Waals surface area contributed by atoms with E-state index in [1.807, 2.05) is 41.1 Å². The number of thiophene rings is 1. The van der Waals surface area contributed by atoms with Crippen LogP contribution in [0.2, 0.25) is 0 Å². The molecule has 0 aliphatic heterocycles. The fraction of sp³-hybridized carbons (Fsp3) is 0.133. The average Bonchev–Trinajstić information content (AvgIpc) is 3.12. The average molecular weight is 287 g/mol. The molecule has 4 nitrogen and oxygen atoms in total. The van der Waals surface area contributed by atoms with E-state index in [4.69, 9.17) is 4.42 Å². The Morgan fingerprint density at radius 3 is 2.95 bits per heavy atom. The number of rotatable bonds is 4. The lowest BCUT2D eigenvalue weighted by molar-refractivity contribution is 0.0891. The van der Waals surface area contributed by atoms with Crippen molar-refractivity contribution in [1.82, 2.24) is 5.32 Å². The third-order valence-corrected chi connectivity index (χ3v) is 3.73. The summed E-state index contributed by atoms with van der Waals surface area (Å²) < 4.78 is 5.46. The Morgan fingerprint density at radius 2 is 2.20 bits per heavy atom. The standard InChI is InChI=1S/C15H13NO3S/c17-12(11-5-6-20-9-11)8-16-15(18)14-7-10-3-1-2-4-13(10)19-14/h1-7,9,12,17H,8H2,(H,16,18). The first kappa shape index (κ1) is 12.9. The number of carbonyl (C=O) groups excluding carboxylic acids is 1. The molecule has 2 aromatic heterocycles. The molecule has 3 rings (SSSR count). The lowest BCUT2D eigenvalue weighted by Gasteiger charge is -2.09. The van der Waals surface area contributed by atoms with Crippen molar-refractivity contribution in [2.45, 2.75) is 6.10 Å². The van der Waals surface area contributed by atoms with Crippen LogP contribution in [0.1, 0.15) is 22.2 Å². The summed E-state index contributed by atoms with van der Waals surface area (Å²) in [5, 5.41) is 17.2. The summed E-state index contributed by atoms with van der Waals surface area (Å²) in [6, 6.07) is 11.0. The fourth-order valence-electron chi connectivity index (χ4n) is 1.95. The van der Waals surface area contributed by atoms with Crippen molar-refractivity contribution >= 4 is 28.2 Å². The maximum atomic E-state index is 12.0. The summed E-state index contributed by atoms with van der Waals surface area (Å²) in [6.45, 7) is 0.159. The molecule has 20 heavy (non-hydrogen) atoms. The lowest BCUT2D eigenvalue weighted by atomic mass is 10.2.